The molecule has 0 bridgehead atoms. The number of nitro groups is 1. The number of benzene rings is 1. The Labute approximate surface area is 145 Å². The fraction of sp³-hybridized carbons (Fsp3) is 0.471. The maximum absolute atomic E-state index is 12.8. The molecule has 132 valence electrons. The first-order valence-corrected chi connectivity index (χ1v) is 8.43. The Morgan fingerprint density at radius 2 is 2.04 bits per heavy atom. The summed E-state index contributed by atoms with van der Waals surface area (Å²) in [7, 11) is 1.81. The van der Waals surface area contributed by atoms with Crippen molar-refractivity contribution < 1.29 is 9.72 Å². The van der Waals surface area contributed by atoms with Crippen molar-refractivity contribution in [3.63, 3.8) is 0 Å². The molecule has 1 aliphatic carbocycles. The number of aromatic nitrogens is 3. The van der Waals surface area contributed by atoms with Crippen LogP contribution in [0.15, 0.2) is 24.3 Å². The number of hydrogen-bond acceptors (Lipinski definition) is 5. The first-order chi connectivity index (χ1) is 12.0. The van der Waals surface area contributed by atoms with E-state index in [0.29, 0.717) is 17.1 Å². The van der Waals surface area contributed by atoms with Gasteiger partial charge in [-0.15, -0.1) is 5.10 Å². The predicted molar refractivity (Wildman–Crippen MR) is 91.7 cm³/mol. The molecule has 1 aromatic heterocycles. The molecule has 1 heterocycles. The number of rotatable bonds is 4. The molecule has 1 amide bonds. The Kier molecular flexibility index (Phi) is 4.78. The Balaban J connectivity index is 1.86. The molecule has 1 saturated carbocycles. The van der Waals surface area contributed by atoms with Crippen LogP contribution < -0.4 is 0 Å². The van der Waals surface area contributed by atoms with E-state index in [1.54, 1.807) is 24.0 Å². The zero-order valence-corrected chi connectivity index (χ0v) is 14.4. The molecule has 2 aromatic rings. The van der Waals surface area contributed by atoms with Gasteiger partial charge in [0.2, 0.25) is 0 Å². The summed E-state index contributed by atoms with van der Waals surface area (Å²) in [6.07, 6.45) is 5.53. The van der Waals surface area contributed by atoms with Crippen LogP contribution in [0.3, 0.4) is 0 Å². The molecule has 3 rings (SSSR count). The lowest BCUT2D eigenvalue weighted by atomic mass is 9.94. The quantitative estimate of drug-likeness (QED) is 0.628. The van der Waals surface area contributed by atoms with E-state index in [0.717, 1.165) is 25.7 Å². The number of nitro benzene ring substituents is 1. The Bertz CT molecular complexity index is 795. The molecule has 0 atom stereocenters. The SMILES string of the molecule is Cc1c(C(=O)N(C)C2CCCCC2)nnn1-c1cccc([N+](=O)[O-])c1. The second kappa shape index (κ2) is 7.00. The van der Waals surface area contributed by atoms with Crippen LogP contribution in [-0.2, 0) is 0 Å². The number of carbonyl (C=O) groups is 1. The molecular weight excluding hydrogens is 322 g/mol. The molecule has 0 N–H and O–H groups in total. The average molecular weight is 343 g/mol. The van der Waals surface area contributed by atoms with E-state index in [-0.39, 0.29) is 17.6 Å². The maximum atomic E-state index is 12.8. The summed E-state index contributed by atoms with van der Waals surface area (Å²) in [5.74, 6) is -0.152. The van der Waals surface area contributed by atoms with Gasteiger partial charge < -0.3 is 4.90 Å². The highest BCUT2D eigenvalue weighted by atomic mass is 16.6. The third-order valence-electron chi connectivity index (χ3n) is 4.83. The Hall–Kier alpha value is -2.77. The standard InChI is InChI=1S/C17H21N5O3/c1-12-16(17(23)20(2)13-7-4-3-5-8-13)18-19-21(12)14-9-6-10-15(11-14)22(24)25/h6,9-11,13H,3-5,7-8H2,1-2H3. The van der Waals surface area contributed by atoms with Gasteiger partial charge in [0.25, 0.3) is 11.6 Å². The molecule has 8 nitrogen and oxygen atoms in total. The van der Waals surface area contributed by atoms with Crippen molar-refractivity contribution >= 4 is 11.6 Å². The molecule has 25 heavy (non-hydrogen) atoms. The first-order valence-electron chi connectivity index (χ1n) is 8.43. The van der Waals surface area contributed by atoms with E-state index in [4.69, 9.17) is 0 Å². The third-order valence-corrected chi connectivity index (χ3v) is 4.83. The minimum absolute atomic E-state index is 0.0281. The van der Waals surface area contributed by atoms with E-state index < -0.39 is 4.92 Å². The lowest BCUT2D eigenvalue weighted by Crippen LogP contribution is -2.38. The van der Waals surface area contributed by atoms with Crippen molar-refractivity contribution in [2.75, 3.05) is 7.05 Å². The fourth-order valence-electron chi connectivity index (χ4n) is 3.31. The molecule has 1 aromatic carbocycles. The zero-order valence-electron chi connectivity index (χ0n) is 14.4. The van der Waals surface area contributed by atoms with Crippen molar-refractivity contribution in [3.8, 4) is 5.69 Å². The van der Waals surface area contributed by atoms with Crippen molar-refractivity contribution in [2.45, 2.75) is 45.1 Å². The van der Waals surface area contributed by atoms with Crippen LogP contribution in [0.2, 0.25) is 0 Å². The van der Waals surface area contributed by atoms with E-state index in [1.165, 1.54) is 23.2 Å². The van der Waals surface area contributed by atoms with Gasteiger partial charge in [0.15, 0.2) is 5.69 Å². The number of amides is 1. The molecule has 0 spiro atoms. The Morgan fingerprint density at radius 1 is 1.32 bits per heavy atom. The summed E-state index contributed by atoms with van der Waals surface area (Å²) in [6, 6.07) is 6.36. The molecule has 0 aliphatic heterocycles. The topological polar surface area (TPSA) is 94.2 Å². The summed E-state index contributed by atoms with van der Waals surface area (Å²) in [5.41, 5.74) is 1.35. The van der Waals surface area contributed by atoms with Crippen LogP contribution in [0, 0.1) is 17.0 Å². The van der Waals surface area contributed by atoms with Crippen molar-refractivity contribution in [1.29, 1.82) is 0 Å². The van der Waals surface area contributed by atoms with Gasteiger partial charge in [0, 0.05) is 25.2 Å². The Morgan fingerprint density at radius 3 is 2.72 bits per heavy atom. The fourth-order valence-corrected chi connectivity index (χ4v) is 3.31. The third kappa shape index (κ3) is 3.38. The molecule has 8 heteroatoms. The van der Waals surface area contributed by atoms with Gasteiger partial charge in [-0.1, -0.05) is 30.5 Å². The molecule has 1 fully saturated rings. The minimum Gasteiger partial charge on any atom is -0.337 e. The highest BCUT2D eigenvalue weighted by molar-refractivity contribution is 5.93. The molecule has 1 aliphatic rings. The van der Waals surface area contributed by atoms with Crippen LogP contribution in [0.4, 0.5) is 5.69 Å². The normalized spacial score (nSPS) is 15.1. The predicted octanol–water partition coefficient (Wildman–Crippen LogP) is 2.89. The number of non-ortho nitro benzene ring substituents is 1. The summed E-state index contributed by atoms with van der Waals surface area (Å²) in [6.45, 7) is 1.75. The average Bonchev–Trinajstić information content (AvgIpc) is 3.02. The monoisotopic (exact) mass is 343 g/mol. The van der Waals surface area contributed by atoms with Gasteiger partial charge in [-0.3, -0.25) is 14.9 Å². The van der Waals surface area contributed by atoms with Gasteiger partial charge in [0.05, 0.1) is 16.3 Å². The lowest BCUT2D eigenvalue weighted by Gasteiger charge is -2.30. The molecular formula is C17H21N5O3. The summed E-state index contributed by atoms with van der Waals surface area (Å²) < 4.78 is 1.47. The summed E-state index contributed by atoms with van der Waals surface area (Å²) in [5, 5.41) is 19.0. The van der Waals surface area contributed by atoms with E-state index in [2.05, 4.69) is 10.3 Å². The highest BCUT2D eigenvalue weighted by Gasteiger charge is 2.27. The second-order valence-corrected chi connectivity index (χ2v) is 6.42. The van der Waals surface area contributed by atoms with Crippen LogP contribution >= 0.6 is 0 Å². The van der Waals surface area contributed by atoms with Gasteiger partial charge >= 0.3 is 0 Å². The first kappa shape index (κ1) is 17.1. The number of carbonyl (C=O) groups excluding carboxylic acids is 1. The van der Waals surface area contributed by atoms with Crippen LogP contribution in [0.25, 0.3) is 5.69 Å². The highest BCUT2D eigenvalue weighted by Crippen LogP contribution is 2.24. The van der Waals surface area contributed by atoms with Gasteiger partial charge in [-0.05, 0) is 25.8 Å². The number of hydrogen-bond donors (Lipinski definition) is 0. The maximum Gasteiger partial charge on any atom is 0.276 e. The largest absolute Gasteiger partial charge is 0.337 e. The van der Waals surface area contributed by atoms with Gasteiger partial charge in [-0.25, -0.2) is 4.68 Å². The van der Waals surface area contributed by atoms with E-state index >= 15 is 0 Å². The van der Waals surface area contributed by atoms with E-state index in [9.17, 15) is 14.9 Å². The molecule has 0 unspecified atom stereocenters. The van der Waals surface area contributed by atoms with E-state index in [1.807, 2.05) is 7.05 Å². The van der Waals surface area contributed by atoms with Crippen molar-refractivity contribution in [3.05, 3.63) is 45.8 Å². The summed E-state index contributed by atoms with van der Waals surface area (Å²) in [4.78, 5) is 25.0. The molecule has 0 radical (unpaired) electrons. The van der Waals surface area contributed by atoms with Gasteiger partial charge in [-0.2, -0.15) is 0 Å². The lowest BCUT2D eigenvalue weighted by molar-refractivity contribution is -0.384. The van der Waals surface area contributed by atoms with Crippen LogP contribution in [-0.4, -0.2) is 43.8 Å². The van der Waals surface area contributed by atoms with Crippen LogP contribution in [0.1, 0.15) is 48.3 Å². The minimum atomic E-state index is -0.460. The smallest absolute Gasteiger partial charge is 0.276 e. The molecule has 0 saturated heterocycles. The number of nitrogens with zero attached hydrogens (tertiary/aromatic N) is 5. The zero-order chi connectivity index (χ0) is 18.0. The van der Waals surface area contributed by atoms with Gasteiger partial charge in [0.1, 0.15) is 0 Å². The van der Waals surface area contributed by atoms with Crippen molar-refractivity contribution in [1.82, 2.24) is 19.9 Å². The second-order valence-electron chi connectivity index (χ2n) is 6.42. The van der Waals surface area contributed by atoms with Crippen LogP contribution in [0.5, 0.6) is 0 Å². The summed E-state index contributed by atoms with van der Waals surface area (Å²) >= 11 is 0. The van der Waals surface area contributed by atoms with Crippen molar-refractivity contribution in [2.24, 2.45) is 0 Å².